The van der Waals surface area contributed by atoms with E-state index >= 15 is 0 Å². The maximum Gasteiger partial charge on any atom is 0.255 e. The highest BCUT2D eigenvalue weighted by Crippen LogP contribution is 2.19. The topological polar surface area (TPSA) is 62.7 Å². The highest BCUT2D eigenvalue weighted by Gasteiger charge is 2.31. The first-order valence-corrected chi connectivity index (χ1v) is 6.50. The van der Waals surface area contributed by atoms with Crippen LogP contribution in [-0.2, 0) is 4.74 Å². The van der Waals surface area contributed by atoms with Gasteiger partial charge in [0.05, 0.1) is 23.3 Å². The first-order valence-electron chi connectivity index (χ1n) is 6.50. The molecule has 1 saturated heterocycles. The van der Waals surface area contributed by atoms with E-state index in [0.717, 1.165) is 0 Å². The number of aliphatic hydroxyl groups excluding tert-OH is 1. The highest BCUT2D eigenvalue weighted by molar-refractivity contribution is 5.96. The lowest BCUT2D eigenvalue weighted by molar-refractivity contribution is -0.0764. The Morgan fingerprint density at radius 3 is 3.10 bits per heavy atom. The molecular weight excluding hydrogens is 256 g/mol. The Kier molecular flexibility index (Phi) is 4.38. The normalized spacial score (nSPS) is 17.2. The van der Waals surface area contributed by atoms with Crippen molar-refractivity contribution in [2.75, 3.05) is 26.3 Å². The van der Waals surface area contributed by atoms with E-state index in [1.54, 1.807) is 23.4 Å². The van der Waals surface area contributed by atoms with Crippen molar-refractivity contribution in [3.05, 3.63) is 29.6 Å². The number of aromatic nitrogens is 1. The van der Waals surface area contributed by atoms with Crippen LogP contribution in [0.2, 0.25) is 0 Å². The van der Waals surface area contributed by atoms with Crippen LogP contribution in [0.5, 0.6) is 0 Å². The van der Waals surface area contributed by atoms with Crippen LogP contribution in [0, 0.1) is 11.8 Å². The van der Waals surface area contributed by atoms with Crippen molar-refractivity contribution in [1.29, 1.82) is 0 Å². The SMILES string of the molecule is CC1(C)CN(C(=O)c2ccncc2C#CCO)CCO1. The van der Waals surface area contributed by atoms with Gasteiger partial charge in [-0.3, -0.25) is 9.78 Å². The molecule has 0 aliphatic carbocycles. The van der Waals surface area contributed by atoms with Crippen molar-refractivity contribution >= 4 is 5.91 Å². The maximum atomic E-state index is 12.6. The monoisotopic (exact) mass is 274 g/mol. The van der Waals surface area contributed by atoms with E-state index in [-0.39, 0.29) is 18.1 Å². The molecule has 2 rings (SSSR count). The van der Waals surface area contributed by atoms with Crippen LogP contribution in [0.1, 0.15) is 29.8 Å². The largest absolute Gasteiger partial charge is 0.384 e. The Labute approximate surface area is 118 Å². The molecule has 5 heteroatoms. The fourth-order valence-electron chi connectivity index (χ4n) is 2.18. The Morgan fingerprint density at radius 1 is 1.60 bits per heavy atom. The molecule has 0 aromatic carbocycles. The molecule has 1 aliphatic heterocycles. The Bertz CT molecular complexity index is 558. The smallest absolute Gasteiger partial charge is 0.255 e. The molecule has 5 nitrogen and oxygen atoms in total. The number of rotatable bonds is 1. The number of carbonyl (C=O) groups excluding carboxylic acids is 1. The summed E-state index contributed by atoms with van der Waals surface area (Å²) >= 11 is 0. The average molecular weight is 274 g/mol. The van der Waals surface area contributed by atoms with Crippen molar-refractivity contribution in [3.8, 4) is 11.8 Å². The Balaban J connectivity index is 2.25. The molecule has 0 bridgehead atoms. The van der Waals surface area contributed by atoms with Crippen LogP contribution in [0.4, 0.5) is 0 Å². The number of hydrogen-bond donors (Lipinski definition) is 1. The van der Waals surface area contributed by atoms with E-state index in [1.165, 1.54) is 0 Å². The van der Waals surface area contributed by atoms with Crippen LogP contribution in [0.15, 0.2) is 18.5 Å². The van der Waals surface area contributed by atoms with Crippen molar-refractivity contribution in [3.63, 3.8) is 0 Å². The van der Waals surface area contributed by atoms with Crippen LogP contribution in [0.25, 0.3) is 0 Å². The molecule has 106 valence electrons. The lowest BCUT2D eigenvalue weighted by Crippen LogP contribution is -2.50. The van der Waals surface area contributed by atoms with Gasteiger partial charge >= 0.3 is 0 Å². The van der Waals surface area contributed by atoms with Crippen LogP contribution in [-0.4, -0.2) is 52.8 Å². The van der Waals surface area contributed by atoms with E-state index in [1.807, 2.05) is 13.8 Å². The third kappa shape index (κ3) is 3.35. The average Bonchev–Trinajstić information content (AvgIpc) is 2.43. The Morgan fingerprint density at radius 2 is 2.40 bits per heavy atom. The van der Waals surface area contributed by atoms with Gasteiger partial charge in [-0.05, 0) is 19.9 Å². The van der Waals surface area contributed by atoms with Gasteiger partial charge in [-0.1, -0.05) is 11.8 Å². The second-order valence-electron chi connectivity index (χ2n) is 5.22. The van der Waals surface area contributed by atoms with Crippen LogP contribution < -0.4 is 0 Å². The number of nitrogens with zero attached hydrogens (tertiary/aromatic N) is 2. The van der Waals surface area contributed by atoms with Gasteiger partial charge < -0.3 is 14.7 Å². The lowest BCUT2D eigenvalue weighted by Gasteiger charge is -2.38. The molecule has 0 spiro atoms. The van der Waals surface area contributed by atoms with E-state index in [2.05, 4.69) is 16.8 Å². The number of pyridine rings is 1. The minimum Gasteiger partial charge on any atom is -0.384 e. The van der Waals surface area contributed by atoms with Gasteiger partial charge in [0.2, 0.25) is 0 Å². The molecular formula is C15H18N2O3. The molecule has 0 saturated carbocycles. The molecule has 1 fully saturated rings. The van der Waals surface area contributed by atoms with Gasteiger partial charge in [-0.2, -0.15) is 0 Å². The van der Waals surface area contributed by atoms with Crippen molar-refractivity contribution in [1.82, 2.24) is 9.88 Å². The van der Waals surface area contributed by atoms with E-state index in [9.17, 15) is 4.79 Å². The standard InChI is InChI=1S/C15H18N2O3/c1-15(2)11-17(7-9-20-15)14(19)13-5-6-16-10-12(13)4-3-8-18/h5-6,10,18H,7-9,11H2,1-2H3. The zero-order valence-electron chi connectivity index (χ0n) is 11.7. The van der Waals surface area contributed by atoms with Gasteiger partial charge in [0.15, 0.2) is 0 Å². The summed E-state index contributed by atoms with van der Waals surface area (Å²) in [6.45, 7) is 5.32. The third-order valence-corrected chi connectivity index (χ3v) is 3.07. The molecule has 1 aromatic heterocycles. The second-order valence-corrected chi connectivity index (χ2v) is 5.22. The zero-order valence-corrected chi connectivity index (χ0v) is 11.7. The summed E-state index contributed by atoms with van der Waals surface area (Å²) in [6, 6.07) is 1.66. The third-order valence-electron chi connectivity index (χ3n) is 3.07. The van der Waals surface area contributed by atoms with Crippen molar-refractivity contribution in [2.45, 2.75) is 19.4 Å². The number of ether oxygens (including phenoxy) is 1. The molecule has 0 unspecified atom stereocenters. The van der Waals surface area contributed by atoms with Crippen LogP contribution in [0.3, 0.4) is 0 Å². The summed E-state index contributed by atoms with van der Waals surface area (Å²) < 4.78 is 5.61. The Hall–Kier alpha value is -1.90. The molecule has 1 N–H and O–H groups in total. The summed E-state index contributed by atoms with van der Waals surface area (Å²) in [5.41, 5.74) is 0.715. The van der Waals surface area contributed by atoms with Gasteiger partial charge in [0.1, 0.15) is 6.61 Å². The van der Waals surface area contributed by atoms with E-state index in [4.69, 9.17) is 9.84 Å². The van der Waals surface area contributed by atoms with Crippen molar-refractivity contribution < 1.29 is 14.6 Å². The summed E-state index contributed by atoms with van der Waals surface area (Å²) in [4.78, 5) is 18.3. The van der Waals surface area contributed by atoms with Gasteiger partial charge in [0, 0.05) is 25.5 Å². The minimum absolute atomic E-state index is 0.0778. The van der Waals surface area contributed by atoms with Gasteiger partial charge in [0.25, 0.3) is 5.91 Å². The number of hydrogen-bond acceptors (Lipinski definition) is 4. The van der Waals surface area contributed by atoms with E-state index in [0.29, 0.717) is 30.8 Å². The molecule has 2 heterocycles. The molecule has 20 heavy (non-hydrogen) atoms. The highest BCUT2D eigenvalue weighted by atomic mass is 16.5. The summed E-state index contributed by atoms with van der Waals surface area (Å²) in [6.07, 6.45) is 3.12. The summed E-state index contributed by atoms with van der Waals surface area (Å²) in [5.74, 6) is 5.23. The number of amides is 1. The summed E-state index contributed by atoms with van der Waals surface area (Å²) in [7, 11) is 0. The fraction of sp³-hybridized carbons (Fsp3) is 0.467. The predicted molar refractivity (Wildman–Crippen MR) is 74.1 cm³/mol. The number of morpholine rings is 1. The van der Waals surface area contributed by atoms with Crippen LogP contribution >= 0.6 is 0 Å². The molecule has 1 aliphatic rings. The molecule has 1 amide bonds. The van der Waals surface area contributed by atoms with Gasteiger partial charge in [-0.25, -0.2) is 0 Å². The minimum atomic E-state index is -0.335. The summed E-state index contributed by atoms with van der Waals surface area (Å²) in [5, 5.41) is 8.77. The predicted octanol–water partition coefficient (Wildman–Crippen LogP) is 0.676. The number of aliphatic hydroxyl groups is 1. The van der Waals surface area contributed by atoms with Crippen molar-refractivity contribution in [2.24, 2.45) is 0 Å². The molecule has 0 radical (unpaired) electrons. The van der Waals surface area contributed by atoms with Gasteiger partial charge in [-0.15, -0.1) is 0 Å². The molecule has 1 aromatic rings. The number of carbonyl (C=O) groups is 1. The second kappa shape index (κ2) is 6.04. The quantitative estimate of drug-likeness (QED) is 0.765. The lowest BCUT2D eigenvalue weighted by atomic mass is 10.0. The maximum absolute atomic E-state index is 12.6. The van der Waals surface area contributed by atoms with E-state index < -0.39 is 0 Å². The fourth-order valence-corrected chi connectivity index (χ4v) is 2.18. The first-order chi connectivity index (χ1) is 9.53. The first kappa shape index (κ1) is 14.5. The zero-order chi connectivity index (χ0) is 14.6. The molecule has 0 atom stereocenters.